The van der Waals surface area contributed by atoms with Gasteiger partial charge in [0.15, 0.2) is 24.5 Å². The van der Waals surface area contributed by atoms with Crippen LogP contribution in [0.5, 0.6) is 0 Å². The molecular weight excluding hydrogens is 547 g/mol. The highest BCUT2D eigenvalue weighted by Gasteiger charge is 2.39. The van der Waals surface area contributed by atoms with E-state index in [0.29, 0.717) is 12.0 Å². The van der Waals surface area contributed by atoms with Crippen molar-refractivity contribution < 1.29 is 18.8 Å². The molecule has 2 aromatic rings. The summed E-state index contributed by atoms with van der Waals surface area (Å²) < 4.78 is 13.8. The Balaban J connectivity index is 0.000000230. The molecule has 10 heteroatoms. The van der Waals surface area contributed by atoms with Crippen LogP contribution in [0.25, 0.3) is 5.57 Å². The molecule has 9 nitrogen and oxygen atoms in total. The fourth-order valence-corrected chi connectivity index (χ4v) is 4.21. The van der Waals surface area contributed by atoms with Gasteiger partial charge in [-0.05, 0) is 80.4 Å². The fourth-order valence-electron chi connectivity index (χ4n) is 4.21. The lowest BCUT2D eigenvalue weighted by molar-refractivity contribution is -0.122. The van der Waals surface area contributed by atoms with Gasteiger partial charge in [-0.15, -0.1) is 0 Å². The van der Waals surface area contributed by atoms with Crippen molar-refractivity contribution >= 4 is 30.1 Å². The largest absolute Gasteiger partial charge is 0.404 e. The zero-order chi connectivity index (χ0) is 31.8. The highest BCUT2D eigenvalue weighted by Crippen LogP contribution is 2.48. The third-order valence-electron chi connectivity index (χ3n) is 7.33. The molecule has 3 fully saturated rings. The van der Waals surface area contributed by atoms with Crippen molar-refractivity contribution in [1.82, 2.24) is 10.2 Å². The summed E-state index contributed by atoms with van der Waals surface area (Å²) in [6, 6.07) is 13.3. The van der Waals surface area contributed by atoms with Crippen molar-refractivity contribution in [1.29, 1.82) is 5.26 Å². The van der Waals surface area contributed by atoms with Gasteiger partial charge in [0.05, 0.1) is 6.04 Å². The number of aliphatic imine (C=N–C) groups is 1. The van der Waals surface area contributed by atoms with E-state index in [0.717, 1.165) is 79.7 Å². The van der Waals surface area contributed by atoms with Crippen LogP contribution in [0.4, 0.5) is 4.39 Å². The molecule has 5 rings (SSSR count). The van der Waals surface area contributed by atoms with Crippen molar-refractivity contribution in [3.63, 3.8) is 0 Å². The smallest absolute Gasteiger partial charge is 0.182 e. The van der Waals surface area contributed by atoms with E-state index >= 15 is 0 Å². The van der Waals surface area contributed by atoms with Crippen molar-refractivity contribution in [3.05, 3.63) is 76.7 Å². The van der Waals surface area contributed by atoms with Crippen molar-refractivity contribution in [2.45, 2.75) is 57.5 Å². The van der Waals surface area contributed by atoms with Crippen LogP contribution in [0.1, 0.15) is 66.6 Å². The first kappa shape index (κ1) is 35.0. The number of Topliss-reactive ketones (excluding diaryl/α,β-unsaturated/α-hetero) is 1. The molecule has 5 N–H and O–H groups in total. The third-order valence-corrected chi connectivity index (χ3v) is 7.33. The first-order valence-corrected chi connectivity index (χ1v) is 14.4. The lowest BCUT2D eigenvalue weighted by atomic mass is 9.94. The number of ketones is 1. The van der Waals surface area contributed by atoms with Crippen LogP contribution < -0.4 is 16.8 Å². The maximum atomic E-state index is 13.8. The molecule has 2 aromatic carbocycles. The van der Waals surface area contributed by atoms with E-state index in [1.165, 1.54) is 12.3 Å². The van der Waals surface area contributed by atoms with Gasteiger partial charge in [0.1, 0.15) is 5.82 Å². The molecule has 0 bridgehead atoms. The van der Waals surface area contributed by atoms with Crippen molar-refractivity contribution in [2.75, 3.05) is 26.7 Å². The van der Waals surface area contributed by atoms with Crippen molar-refractivity contribution in [2.24, 2.45) is 22.4 Å². The molecule has 1 saturated heterocycles. The summed E-state index contributed by atoms with van der Waals surface area (Å²) in [5.41, 5.74) is 15.7. The summed E-state index contributed by atoms with van der Waals surface area (Å²) >= 11 is 0. The molecule has 1 aliphatic heterocycles. The number of nitrogens with one attached hydrogen (secondary N) is 1. The number of allylic oxidation sites excluding steroid dienone is 1. The first-order chi connectivity index (χ1) is 20.6. The van der Waals surface area contributed by atoms with E-state index in [9.17, 15) is 9.18 Å². The van der Waals surface area contributed by atoms with Gasteiger partial charge in [-0.3, -0.25) is 19.4 Å². The Morgan fingerprint density at radius 1 is 1.19 bits per heavy atom. The van der Waals surface area contributed by atoms with Crippen molar-refractivity contribution in [3.8, 4) is 6.19 Å². The average Bonchev–Trinajstić information content (AvgIpc) is 3.92. The Morgan fingerprint density at radius 2 is 1.84 bits per heavy atom. The van der Waals surface area contributed by atoms with Crippen LogP contribution >= 0.6 is 0 Å². The van der Waals surface area contributed by atoms with E-state index in [-0.39, 0.29) is 29.6 Å². The number of nitrogens with two attached hydrogens (primary N) is 2. The number of hydrogen-bond acceptors (Lipinski definition) is 9. The predicted molar refractivity (Wildman–Crippen MR) is 168 cm³/mol. The van der Waals surface area contributed by atoms with Crippen LogP contribution in [0, 0.1) is 23.2 Å². The molecule has 0 radical (unpaired) electrons. The van der Waals surface area contributed by atoms with Crippen LogP contribution in [-0.2, 0) is 21.5 Å². The third kappa shape index (κ3) is 11.9. The van der Waals surface area contributed by atoms with Crippen LogP contribution in [0.2, 0.25) is 0 Å². The molecule has 0 aromatic heterocycles. The minimum absolute atomic E-state index is 0.126. The van der Waals surface area contributed by atoms with Gasteiger partial charge in [-0.1, -0.05) is 37.3 Å². The first-order valence-electron chi connectivity index (χ1n) is 14.4. The lowest BCUT2D eigenvalue weighted by Gasteiger charge is -2.33. The summed E-state index contributed by atoms with van der Waals surface area (Å²) in [6.07, 6.45) is 10.3. The van der Waals surface area contributed by atoms with Gasteiger partial charge in [-0.2, -0.15) is 5.26 Å². The number of nitrogens with zero attached hydrogens (tertiary/aromatic N) is 3. The summed E-state index contributed by atoms with van der Waals surface area (Å²) in [5.74, 6) is 0.510. The lowest BCUT2D eigenvalue weighted by Crippen LogP contribution is -2.46. The summed E-state index contributed by atoms with van der Waals surface area (Å²) in [6.45, 7) is 6.97. The molecule has 43 heavy (non-hydrogen) atoms. The maximum absolute atomic E-state index is 13.8. The fraction of sp³-hybridized carbons (Fsp3) is 0.424. The molecule has 2 aliphatic carbocycles. The standard InChI is InChI=1S/C16H19FN2.C10H13NO.C5H9N3.C2H2O2/c1-16(4-5-16)13-6-11(7-14(17)8-13)12(9-18)10-19-15-2-3-15;1-8(12)10-6-4-3-5-9(10)7-11-2;6-1-5-2-8(3-5)4-7;3-1-2-4/h6-10,15H,2-5,18H2,1H3;3-6,11H,7H2,1-2H3;5H,1-3,6H2;1-2H/b12-9+,19-10?;;;. The number of aldehydes is 2. The van der Waals surface area contributed by atoms with Gasteiger partial charge >= 0.3 is 0 Å². The molecular formula is C33H43FN6O3. The highest BCUT2D eigenvalue weighted by atomic mass is 19.1. The molecule has 0 spiro atoms. The molecule has 0 amide bonds. The molecule has 3 aliphatic rings. The average molecular weight is 591 g/mol. The summed E-state index contributed by atoms with van der Waals surface area (Å²) in [7, 11) is 1.87. The second-order valence-electron chi connectivity index (χ2n) is 11.0. The molecule has 2 saturated carbocycles. The van der Waals surface area contributed by atoms with Gasteiger partial charge in [0.2, 0.25) is 0 Å². The predicted octanol–water partition coefficient (Wildman–Crippen LogP) is 3.76. The van der Waals surface area contributed by atoms with Gasteiger partial charge in [0, 0.05) is 49.1 Å². The maximum Gasteiger partial charge on any atom is 0.182 e. The van der Waals surface area contributed by atoms with E-state index < -0.39 is 0 Å². The number of carbonyl (C=O) groups is 3. The second-order valence-corrected chi connectivity index (χ2v) is 11.0. The molecule has 0 atom stereocenters. The number of likely N-dealkylation sites (tertiary alicyclic amines) is 1. The summed E-state index contributed by atoms with van der Waals surface area (Å²) in [4.78, 5) is 34.9. The molecule has 0 unspecified atom stereocenters. The number of carbonyl (C=O) groups excluding carboxylic acids is 3. The van der Waals surface area contributed by atoms with Crippen LogP contribution in [-0.4, -0.2) is 62.2 Å². The minimum atomic E-state index is -0.195. The monoisotopic (exact) mass is 590 g/mol. The van der Waals surface area contributed by atoms with E-state index in [1.54, 1.807) is 24.1 Å². The summed E-state index contributed by atoms with van der Waals surface area (Å²) in [5, 5.41) is 11.3. The Labute approximate surface area is 253 Å². The SMILES string of the molecule is CC1(c2cc(F)cc(/C(C=NC3CC3)=C/N)c2)CC1.CNCc1ccccc1C(C)=O.N#CN1CC(CN)C1.O=CC=O. The number of benzene rings is 2. The number of nitriles is 1. The number of rotatable bonds is 9. The quantitative estimate of drug-likeness (QED) is 0.131. The van der Waals surface area contributed by atoms with Crippen LogP contribution in [0.15, 0.2) is 53.7 Å². The topological polar surface area (TPSA) is 155 Å². The molecule has 230 valence electrons. The molecule has 1 heterocycles. The van der Waals surface area contributed by atoms with E-state index in [2.05, 4.69) is 17.2 Å². The second kappa shape index (κ2) is 17.7. The van der Waals surface area contributed by atoms with E-state index in [4.69, 9.17) is 26.3 Å². The van der Waals surface area contributed by atoms with Gasteiger partial charge in [0.25, 0.3) is 0 Å². The number of halogens is 1. The Kier molecular flexibility index (Phi) is 14.4. The van der Waals surface area contributed by atoms with Gasteiger partial charge in [-0.25, -0.2) is 4.39 Å². The number of hydrogen-bond donors (Lipinski definition) is 3. The minimum Gasteiger partial charge on any atom is -0.404 e. The Hall–Kier alpha value is -4.20. The highest BCUT2D eigenvalue weighted by molar-refractivity contribution is 6.10. The van der Waals surface area contributed by atoms with Crippen LogP contribution in [0.3, 0.4) is 0 Å². The zero-order valence-corrected chi connectivity index (χ0v) is 25.3. The Bertz CT molecular complexity index is 1320. The van der Waals surface area contributed by atoms with E-state index in [1.807, 2.05) is 43.6 Å². The zero-order valence-electron chi connectivity index (χ0n) is 25.3. The van der Waals surface area contributed by atoms with Gasteiger partial charge < -0.3 is 21.7 Å². The normalized spacial score (nSPS) is 16.6. The Morgan fingerprint density at radius 3 is 2.33 bits per heavy atom.